The van der Waals surface area contributed by atoms with E-state index in [4.69, 9.17) is 11.6 Å². The minimum atomic E-state index is -0.316. The number of amides is 1. The lowest BCUT2D eigenvalue weighted by molar-refractivity contribution is -0.122. The molecule has 1 aromatic heterocycles. The molecule has 1 heterocycles. The topological polar surface area (TPSA) is 84.2 Å². The van der Waals surface area contributed by atoms with Crippen molar-refractivity contribution in [2.45, 2.75) is 45.7 Å². The summed E-state index contributed by atoms with van der Waals surface area (Å²) in [7, 11) is 0. The number of halogens is 1. The van der Waals surface area contributed by atoms with Crippen LogP contribution in [0.25, 0.3) is 11.4 Å². The van der Waals surface area contributed by atoms with E-state index in [0.717, 1.165) is 12.8 Å². The van der Waals surface area contributed by atoms with Crippen LogP contribution in [0.4, 0.5) is 0 Å². The molecule has 2 aromatic carbocycles. The van der Waals surface area contributed by atoms with Crippen molar-refractivity contribution < 1.29 is 9.90 Å². The van der Waals surface area contributed by atoms with Crippen LogP contribution in [0, 0.1) is 6.92 Å². The molecule has 1 amide bonds. The second kappa shape index (κ2) is 11.1. The molecule has 0 fully saturated rings. The minimum Gasteiger partial charge on any atom is -0.396 e. The zero-order chi connectivity index (χ0) is 23.1. The first-order valence-corrected chi connectivity index (χ1v) is 11.1. The number of aromatic nitrogens is 2. The first-order chi connectivity index (χ1) is 15.4. The molecule has 0 aliphatic heterocycles. The molecule has 7 heteroatoms. The second-order valence-corrected chi connectivity index (χ2v) is 8.30. The Bertz CT molecular complexity index is 1110. The number of aliphatic hydroxyl groups excluding tert-OH is 1. The Labute approximate surface area is 192 Å². The zero-order valence-corrected chi connectivity index (χ0v) is 19.1. The fraction of sp³-hybridized carbons (Fsp3) is 0.320. The fourth-order valence-electron chi connectivity index (χ4n) is 3.63. The first-order valence-electron chi connectivity index (χ1n) is 10.7. The maximum Gasteiger partial charge on any atom is 0.257 e. The average Bonchev–Trinajstić information content (AvgIpc) is 2.78. The van der Waals surface area contributed by atoms with Crippen LogP contribution in [0.1, 0.15) is 30.2 Å². The molecule has 1 atom stereocenters. The van der Waals surface area contributed by atoms with Gasteiger partial charge in [0.1, 0.15) is 12.4 Å². The van der Waals surface area contributed by atoms with Gasteiger partial charge in [-0.25, -0.2) is 4.98 Å². The van der Waals surface area contributed by atoms with Crippen LogP contribution in [0.2, 0.25) is 5.02 Å². The maximum atomic E-state index is 13.2. The summed E-state index contributed by atoms with van der Waals surface area (Å²) in [6.07, 6.45) is 1.83. The Morgan fingerprint density at radius 3 is 2.47 bits per heavy atom. The first kappa shape index (κ1) is 23.7. The standard InChI is InChI=1S/C25H28ClN3O3/c1-17(8-9-19-6-4-3-5-7-19)27-23(31)16-29-24(20-10-12-21(26)13-11-20)28-18(2)22(14-15-30)25(29)32/h3-7,10-13,17,30H,8-9,14-16H2,1-2H3,(H,27,31). The van der Waals surface area contributed by atoms with Gasteiger partial charge in [0.15, 0.2) is 0 Å². The molecule has 1 unspecified atom stereocenters. The highest BCUT2D eigenvalue weighted by molar-refractivity contribution is 6.30. The number of carbonyl (C=O) groups excluding carboxylic acids is 1. The molecule has 0 aliphatic carbocycles. The summed E-state index contributed by atoms with van der Waals surface area (Å²) < 4.78 is 1.38. The van der Waals surface area contributed by atoms with Gasteiger partial charge in [-0.15, -0.1) is 0 Å². The van der Waals surface area contributed by atoms with Crippen LogP contribution in [0.5, 0.6) is 0 Å². The van der Waals surface area contributed by atoms with E-state index in [-0.39, 0.29) is 37.1 Å². The smallest absolute Gasteiger partial charge is 0.257 e. The molecule has 0 aliphatic rings. The highest BCUT2D eigenvalue weighted by atomic mass is 35.5. The SMILES string of the molecule is Cc1nc(-c2ccc(Cl)cc2)n(CC(=O)NC(C)CCc2ccccc2)c(=O)c1CCO. The number of hydrogen-bond acceptors (Lipinski definition) is 4. The number of aryl methyl sites for hydroxylation is 2. The molecule has 168 valence electrons. The third-order valence-electron chi connectivity index (χ3n) is 5.35. The number of hydrogen-bond donors (Lipinski definition) is 2. The van der Waals surface area contributed by atoms with Crippen molar-refractivity contribution >= 4 is 17.5 Å². The molecular weight excluding hydrogens is 426 g/mol. The Kier molecular flexibility index (Phi) is 8.20. The van der Waals surface area contributed by atoms with Gasteiger partial charge >= 0.3 is 0 Å². The van der Waals surface area contributed by atoms with Gasteiger partial charge in [0, 0.05) is 40.9 Å². The fourth-order valence-corrected chi connectivity index (χ4v) is 3.76. The monoisotopic (exact) mass is 453 g/mol. The van der Waals surface area contributed by atoms with Crippen LogP contribution >= 0.6 is 11.6 Å². The lowest BCUT2D eigenvalue weighted by atomic mass is 10.1. The molecule has 0 saturated carbocycles. The maximum absolute atomic E-state index is 13.2. The molecular formula is C25H28ClN3O3. The van der Waals surface area contributed by atoms with Crippen molar-refractivity contribution in [1.29, 1.82) is 0 Å². The van der Waals surface area contributed by atoms with Gasteiger partial charge in [-0.3, -0.25) is 14.2 Å². The summed E-state index contributed by atoms with van der Waals surface area (Å²) in [5, 5.41) is 12.9. The quantitative estimate of drug-likeness (QED) is 0.519. The van der Waals surface area contributed by atoms with Crippen LogP contribution < -0.4 is 10.9 Å². The molecule has 3 rings (SSSR count). The van der Waals surface area contributed by atoms with Gasteiger partial charge in [0.05, 0.1) is 0 Å². The van der Waals surface area contributed by atoms with Gasteiger partial charge in [-0.05, 0) is 56.5 Å². The van der Waals surface area contributed by atoms with Gasteiger partial charge in [0.2, 0.25) is 5.91 Å². The predicted molar refractivity (Wildman–Crippen MR) is 127 cm³/mol. The van der Waals surface area contributed by atoms with Crippen LogP contribution in [-0.4, -0.2) is 33.2 Å². The third-order valence-corrected chi connectivity index (χ3v) is 5.60. The Balaban J connectivity index is 1.81. The highest BCUT2D eigenvalue weighted by Crippen LogP contribution is 2.20. The minimum absolute atomic E-state index is 0.0484. The number of aliphatic hydroxyl groups is 1. The second-order valence-electron chi connectivity index (χ2n) is 7.86. The molecule has 0 bridgehead atoms. The van der Waals surface area contributed by atoms with Crippen molar-refractivity contribution in [1.82, 2.24) is 14.9 Å². The Morgan fingerprint density at radius 1 is 1.12 bits per heavy atom. The van der Waals surface area contributed by atoms with Crippen LogP contribution in [-0.2, 0) is 24.2 Å². The Morgan fingerprint density at radius 2 is 1.81 bits per heavy atom. The van der Waals surface area contributed by atoms with E-state index in [0.29, 0.717) is 27.7 Å². The number of nitrogens with zero attached hydrogens (tertiary/aromatic N) is 2. The molecule has 2 N–H and O–H groups in total. The molecule has 0 spiro atoms. The van der Waals surface area contributed by atoms with Crippen LogP contribution in [0.3, 0.4) is 0 Å². The third kappa shape index (κ3) is 6.05. The summed E-state index contributed by atoms with van der Waals surface area (Å²) in [5.74, 6) is 0.140. The van der Waals surface area contributed by atoms with Gasteiger partial charge in [0.25, 0.3) is 5.56 Å². The van der Waals surface area contributed by atoms with E-state index in [1.165, 1.54) is 10.1 Å². The predicted octanol–water partition coefficient (Wildman–Crippen LogP) is 3.54. The van der Waals surface area contributed by atoms with Gasteiger partial charge in [-0.1, -0.05) is 41.9 Å². The molecule has 32 heavy (non-hydrogen) atoms. The lowest BCUT2D eigenvalue weighted by Gasteiger charge is -2.18. The largest absolute Gasteiger partial charge is 0.396 e. The van der Waals surface area contributed by atoms with E-state index in [1.807, 2.05) is 25.1 Å². The van der Waals surface area contributed by atoms with E-state index in [1.54, 1.807) is 31.2 Å². The number of rotatable bonds is 9. The zero-order valence-electron chi connectivity index (χ0n) is 18.3. The van der Waals surface area contributed by atoms with Gasteiger partial charge in [-0.2, -0.15) is 0 Å². The summed E-state index contributed by atoms with van der Waals surface area (Å²) in [4.78, 5) is 30.6. The van der Waals surface area contributed by atoms with Crippen molar-refractivity contribution in [2.24, 2.45) is 0 Å². The molecule has 6 nitrogen and oxygen atoms in total. The molecule has 0 saturated heterocycles. The van der Waals surface area contributed by atoms with Crippen LogP contribution in [0.15, 0.2) is 59.4 Å². The molecule has 3 aromatic rings. The Hall–Kier alpha value is -2.96. The van der Waals surface area contributed by atoms with Crippen molar-refractivity contribution in [2.75, 3.05) is 6.61 Å². The van der Waals surface area contributed by atoms with Crippen molar-refractivity contribution in [3.05, 3.63) is 86.8 Å². The van der Waals surface area contributed by atoms with E-state index >= 15 is 0 Å². The van der Waals surface area contributed by atoms with Crippen molar-refractivity contribution in [3.63, 3.8) is 0 Å². The number of carbonyl (C=O) groups is 1. The van der Waals surface area contributed by atoms with Crippen molar-refractivity contribution in [3.8, 4) is 11.4 Å². The van der Waals surface area contributed by atoms with E-state index in [2.05, 4.69) is 22.4 Å². The summed E-state index contributed by atoms with van der Waals surface area (Å²) in [6, 6.07) is 17.0. The molecule has 0 radical (unpaired) electrons. The van der Waals surface area contributed by atoms with E-state index in [9.17, 15) is 14.7 Å². The lowest BCUT2D eigenvalue weighted by Crippen LogP contribution is -2.39. The summed E-state index contributed by atoms with van der Waals surface area (Å²) in [6.45, 7) is 3.37. The summed E-state index contributed by atoms with van der Waals surface area (Å²) >= 11 is 6.00. The normalized spacial score (nSPS) is 11.9. The highest BCUT2D eigenvalue weighted by Gasteiger charge is 2.18. The average molecular weight is 454 g/mol. The van der Waals surface area contributed by atoms with E-state index < -0.39 is 0 Å². The van der Waals surface area contributed by atoms with Gasteiger partial charge < -0.3 is 10.4 Å². The summed E-state index contributed by atoms with van der Waals surface area (Å²) in [5.41, 5.74) is 2.54. The number of benzene rings is 2. The number of nitrogens with one attached hydrogen (secondary N) is 1.